The van der Waals surface area contributed by atoms with E-state index in [0.717, 1.165) is 11.5 Å². The predicted molar refractivity (Wildman–Crippen MR) is 71.6 cm³/mol. The Bertz CT molecular complexity index is 514. The Hall–Kier alpha value is -1.97. The number of anilines is 3. The fourth-order valence-corrected chi connectivity index (χ4v) is 1.85. The second-order valence-corrected chi connectivity index (χ2v) is 4.45. The highest BCUT2D eigenvalue weighted by Gasteiger charge is 2.09. The number of aromatic amines is 1. The molecule has 0 aliphatic rings. The summed E-state index contributed by atoms with van der Waals surface area (Å²) in [6, 6.07) is 8.20. The van der Waals surface area contributed by atoms with Crippen LogP contribution in [0.25, 0.3) is 0 Å². The SMILES string of the molecule is Cc1nc(Nc2ccccc2C(C)C)c(N)[nH]1. The number of hydrogen-bond donors (Lipinski definition) is 3. The number of nitrogen functional groups attached to an aromatic ring is 1. The standard InChI is InChI=1S/C13H18N4/c1-8(2)10-6-4-5-7-11(10)17-13-12(14)15-9(3)16-13/h4-8,17H,14H2,1-3H3,(H,15,16). The number of nitrogens with one attached hydrogen (secondary N) is 2. The summed E-state index contributed by atoms with van der Waals surface area (Å²) in [4.78, 5) is 7.29. The van der Waals surface area contributed by atoms with Crippen LogP contribution in [0.1, 0.15) is 31.2 Å². The van der Waals surface area contributed by atoms with Gasteiger partial charge >= 0.3 is 0 Å². The van der Waals surface area contributed by atoms with Gasteiger partial charge in [0.2, 0.25) is 0 Å². The van der Waals surface area contributed by atoms with Crippen LogP contribution in [0.3, 0.4) is 0 Å². The Labute approximate surface area is 101 Å². The molecule has 2 rings (SSSR count). The molecule has 1 aromatic carbocycles. The molecule has 0 radical (unpaired) electrons. The normalized spacial score (nSPS) is 10.8. The largest absolute Gasteiger partial charge is 0.382 e. The second-order valence-electron chi connectivity index (χ2n) is 4.45. The van der Waals surface area contributed by atoms with E-state index in [9.17, 15) is 0 Å². The molecule has 1 heterocycles. The van der Waals surface area contributed by atoms with Crippen LogP contribution in [-0.4, -0.2) is 9.97 Å². The number of aryl methyl sites for hydroxylation is 1. The van der Waals surface area contributed by atoms with Crippen molar-refractivity contribution in [3.8, 4) is 0 Å². The smallest absolute Gasteiger partial charge is 0.173 e. The molecular weight excluding hydrogens is 212 g/mol. The van der Waals surface area contributed by atoms with Crippen molar-refractivity contribution >= 4 is 17.3 Å². The van der Waals surface area contributed by atoms with E-state index in [1.54, 1.807) is 0 Å². The van der Waals surface area contributed by atoms with E-state index in [1.807, 2.05) is 25.1 Å². The van der Waals surface area contributed by atoms with Crippen LogP contribution in [0, 0.1) is 6.92 Å². The molecule has 4 nitrogen and oxygen atoms in total. The average Bonchev–Trinajstić information content (AvgIpc) is 2.58. The molecular formula is C13H18N4. The first-order chi connectivity index (χ1) is 8.08. The van der Waals surface area contributed by atoms with E-state index in [2.05, 4.69) is 35.2 Å². The van der Waals surface area contributed by atoms with Crippen LogP contribution in [0.5, 0.6) is 0 Å². The topological polar surface area (TPSA) is 66.7 Å². The summed E-state index contributed by atoms with van der Waals surface area (Å²) in [6.45, 7) is 6.22. The maximum atomic E-state index is 5.83. The molecule has 0 unspecified atom stereocenters. The number of benzene rings is 1. The Kier molecular flexibility index (Phi) is 3.04. The first kappa shape index (κ1) is 11.5. The molecule has 17 heavy (non-hydrogen) atoms. The highest BCUT2D eigenvalue weighted by atomic mass is 15.1. The molecule has 2 aromatic rings. The highest BCUT2D eigenvalue weighted by molar-refractivity contribution is 5.68. The van der Waals surface area contributed by atoms with Gasteiger partial charge in [-0.2, -0.15) is 0 Å². The van der Waals surface area contributed by atoms with E-state index in [0.29, 0.717) is 17.6 Å². The van der Waals surface area contributed by atoms with Crippen LogP contribution in [0.4, 0.5) is 17.3 Å². The Morgan fingerprint density at radius 2 is 2.00 bits per heavy atom. The van der Waals surface area contributed by atoms with Crippen LogP contribution < -0.4 is 11.1 Å². The minimum Gasteiger partial charge on any atom is -0.382 e. The number of hydrogen-bond acceptors (Lipinski definition) is 3. The van der Waals surface area contributed by atoms with E-state index < -0.39 is 0 Å². The molecule has 0 bridgehead atoms. The Morgan fingerprint density at radius 3 is 2.59 bits per heavy atom. The summed E-state index contributed by atoms with van der Waals surface area (Å²) >= 11 is 0. The summed E-state index contributed by atoms with van der Waals surface area (Å²) in [6.07, 6.45) is 0. The van der Waals surface area contributed by atoms with Gasteiger partial charge < -0.3 is 16.0 Å². The van der Waals surface area contributed by atoms with Gasteiger partial charge in [-0.1, -0.05) is 32.0 Å². The zero-order valence-corrected chi connectivity index (χ0v) is 10.4. The molecule has 90 valence electrons. The molecule has 0 saturated carbocycles. The first-order valence-electron chi connectivity index (χ1n) is 5.76. The van der Waals surface area contributed by atoms with Crippen LogP contribution in [-0.2, 0) is 0 Å². The molecule has 0 fully saturated rings. The van der Waals surface area contributed by atoms with Crippen molar-refractivity contribution in [2.45, 2.75) is 26.7 Å². The van der Waals surface area contributed by atoms with Gasteiger partial charge in [0.25, 0.3) is 0 Å². The Morgan fingerprint density at radius 1 is 1.29 bits per heavy atom. The van der Waals surface area contributed by atoms with Crippen molar-refractivity contribution in [3.05, 3.63) is 35.7 Å². The molecule has 0 aliphatic carbocycles. The van der Waals surface area contributed by atoms with Crippen molar-refractivity contribution in [1.82, 2.24) is 9.97 Å². The third-order valence-electron chi connectivity index (χ3n) is 2.69. The molecule has 0 saturated heterocycles. The van der Waals surface area contributed by atoms with Gasteiger partial charge in [-0.05, 0) is 24.5 Å². The second kappa shape index (κ2) is 4.49. The zero-order valence-electron chi connectivity index (χ0n) is 10.4. The monoisotopic (exact) mass is 230 g/mol. The summed E-state index contributed by atoms with van der Waals surface area (Å²) in [5, 5.41) is 3.28. The lowest BCUT2D eigenvalue weighted by Crippen LogP contribution is -2.00. The van der Waals surface area contributed by atoms with E-state index in [4.69, 9.17) is 5.73 Å². The van der Waals surface area contributed by atoms with Crippen molar-refractivity contribution in [1.29, 1.82) is 0 Å². The van der Waals surface area contributed by atoms with E-state index in [-0.39, 0.29) is 0 Å². The first-order valence-corrected chi connectivity index (χ1v) is 5.76. The molecule has 1 aromatic heterocycles. The zero-order chi connectivity index (χ0) is 12.4. The molecule has 0 aliphatic heterocycles. The van der Waals surface area contributed by atoms with Crippen LogP contribution >= 0.6 is 0 Å². The minimum atomic E-state index is 0.458. The van der Waals surface area contributed by atoms with Gasteiger partial charge in [-0.25, -0.2) is 4.98 Å². The summed E-state index contributed by atoms with van der Waals surface area (Å²) in [5.74, 6) is 2.53. The van der Waals surface area contributed by atoms with Gasteiger partial charge in [-0.3, -0.25) is 0 Å². The predicted octanol–water partition coefficient (Wildman–Crippen LogP) is 3.17. The van der Waals surface area contributed by atoms with Crippen molar-refractivity contribution in [2.24, 2.45) is 0 Å². The lowest BCUT2D eigenvalue weighted by atomic mass is 10.0. The fraction of sp³-hybridized carbons (Fsp3) is 0.308. The lowest BCUT2D eigenvalue weighted by molar-refractivity contribution is 0.869. The third-order valence-corrected chi connectivity index (χ3v) is 2.69. The summed E-state index contributed by atoms with van der Waals surface area (Å²) < 4.78 is 0. The maximum absolute atomic E-state index is 5.83. The summed E-state index contributed by atoms with van der Waals surface area (Å²) in [7, 11) is 0. The van der Waals surface area contributed by atoms with E-state index >= 15 is 0 Å². The number of nitrogens with two attached hydrogens (primary N) is 1. The van der Waals surface area contributed by atoms with E-state index in [1.165, 1.54) is 5.56 Å². The number of rotatable bonds is 3. The van der Waals surface area contributed by atoms with Gasteiger partial charge in [0.15, 0.2) is 5.82 Å². The van der Waals surface area contributed by atoms with Crippen molar-refractivity contribution in [3.63, 3.8) is 0 Å². The van der Waals surface area contributed by atoms with Gasteiger partial charge in [0.05, 0.1) is 0 Å². The van der Waals surface area contributed by atoms with Gasteiger partial charge in [0, 0.05) is 5.69 Å². The number of H-pyrrole nitrogens is 1. The number of imidazole rings is 1. The van der Waals surface area contributed by atoms with Crippen LogP contribution in [0.15, 0.2) is 24.3 Å². The number of nitrogens with zero attached hydrogens (tertiary/aromatic N) is 1. The molecule has 0 amide bonds. The Balaban J connectivity index is 2.33. The lowest BCUT2D eigenvalue weighted by Gasteiger charge is -2.13. The third kappa shape index (κ3) is 2.41. The van der Waals surface area contributed by atoms with Gasteiger partial charge in [-0.15, -0.1) is 0 Å². The van der Waals surface area contributed by atoms with Gasteiger partial charge in [0.1, 0.15) is 11.6 Å². The number of para-hydroxylation sites is 1. The van der Waals surface area contributed by atoms with Crippen molar-refractivity contribution < 1.29 is 0 Å². The number of aromatic nitrogens is 2. The molecule has 0 spiro atoms. The van der Waals surface area contributed by atoms with Crippen LogP contribution in [0.2, 0.25) is 0 Å². The molecule has 0 atom stereocenters. The average molecular weight is 230 g/mol. The minimum absolute atomic E-state index is 0.458. The maximum Gasteiger partial charge on any atom is 0.173 e. The molecule has 4 N–H and O–H groups in total. The summed E-state index contributed by atoms with van der Waals surface area (Å²) in [5.41, 5.74) is 8.15. The van der Waals surface area contributed by atoms with Crippen molar-refractivity contribution in [2.75, 3.05) is 11.1 Å². The highest BCUT2D eigenvalue weighted by Crippen LogP contribution is 2.28. The molecule has 4 heteroatoms. The fourth-order valence-electron chi connectivity index (χ4n) is 1.85. The quantitative estimate of drug-likeness (QED) is 0.758.